The summed E-state index contributed by atoms with van der Waals surface area (Å²) in [6.45, 7) is 0.828. The number of carbonyl (C=O) groups excluding carboxylic acids is 1. The van der Waals surface area contributed by atoms with Crippen LogP contribution in [0, 0.1) is 5.82 Å². The van der Waals surface area contributed by atoms with E-state index < -0.39 is 5.82 Å². The molecule has 0 saturated heterocycles. The van der Waals surface area contributed by atoms with Gasteiger partial charge in [0.2, 0.25) is 0 Å². The molecule has 0 saturated carbocycles. The maximum atomic E-state index is 13.8. The standard InChI is InChI=1S/C11H11BrFNO3/c1-14-5-7(15)9-6(13)4-8-11(10(9)12)17-3-2-16-8/h4,14H,2-3,5H2,1H3. The lowest BCUT2D eigenvalue weighted by molar-refractivity contribution is 0.0987. The van der Waals surface area contributed by atoms with Crippen LogP contribution in [0.3, 0.4) is 0 Å². The Labute approximate surface area is 106 Å². The third kappa shape index (κ3) is 2.28. The van der Waals surface area contributed by atoms with Gasteiger partial charge in [-0.15, -0.1) is 0 Å². The average molecular weight is 304 g/mol. The van der Waals surface area contributed by atoms with Gasteiger partial charge in [0.25, 0.3) is 0 Å². The monoisotopic (exact) mass is 303 g/mol. The van der Waals surface area contributed by atoms with Crippen molar-refractivity contribution in [2.24, 2.45) is 0 Å². The van der Waals surface area contributed by atoms with Gasteiger partial charge in [0, 0.05) is 6.07 Å². The molecule has 4 nitrogen and oxygen atoms in total. The number of rotatable bonds is 3. The molecule has 0 radical (unpaired) electrons. The molecule has 0 spiro atoms. The molecule has 0 amide bonds. The Balaban J connectivity index is 2.49. The first-order valence-electron chi connectivity index (χ1n) is 5.10. The second-order valence-corrected chi connectivity index (χ2v) is 4.32. The molecule has 0 fully saturated rings. The number of Topliss-reactive ketones (excluding diaryl/α,β-unsaturated/α-hetero) is 1. The highest BCUT2D eigenvalue weighted by Crippen LogP contribution is 2.41. The van der Waals surface area contributed by atoms with Gasteiger partial charge in [0.15, 0.2) is 17.3 Å². The van der Waals surface area contributed by atoms with E-state index in [2.05, 4.69) is 21.2 Å². The summed E-state index contributed by atoms with van der Waals surface area (Å²) < 4.78 is 24.7. The number of likely N-dealkylation sites (N-methyl/N-ethyl adjacent to an activating group) is 1. The van der Waals surface area contributed by atoms with E-state index in [1.807, 2.05) is 0 Å². The largest absolute Gasteiger partial charge is 0.486 e. The van der Waals surface area contributed by atoms with Crippen molar-refractivity contribution in [3.8, 4) is 11.5 Å². The Kier molecular flexibility index (Phi) is 3.63. The fourth-order valence-corrected chi connectivity index (χ4v) is 2.34. The lowest BCUT2D eigenvalue weighted by atomic mass is 10.1. The number of fused-ring (bicyclic) bond motifs is 1. The quantitative estimate of drug-likeness (QED) is 0.865. The number of hydrogen-bond acceptors (Lipinski definition) is 4. The third-order valence-electron chi connectivity index (χ3n) is 2.34. The van der Waals surface area contributed by atoms with E-state index in [0.717, 1.165) is 0 Å². The molecule has 0 aromatic heterocycles. The van der Waals surface area contributed by atoms with Crippen molar-refractivity contribution in [3.63, 3.8) is 0 Å². The first-order valence-corrected chi connectivity index (χ1v) is 5.90. The summed E-state index contributed by atoms with van der Waals surface area (Å²) in [5.41, 5.74) is -0.0106. The molecule has 17 heavy (non-hydrogen) atoms. The molecule has 1 aromatic carbocycles. The van der Waals surface area contributed by atoms with Gasteiger partial charge < -0.3 is 14.8 Å². The average Bonchev–Trinajstić information content (AvgIpc) is 2.29. The van der Waals surface area contributed by atoms with E-state index in [9.17, 15) is 9.18 Å². The smallest absolute Gasteiger partial charge is 0.180 e. The first kappa shape index (κ1) is 12.3. The summed E-state index contributed by atoms with van der Waals surface area (Å²) in [6, 6.07) is 1.18. The van der Waals surface area contributed by atoms with Crippen molar-refractivity contribution >= 4 is 21.7 Å². The molecule has 92 valence electrons. The molecule has 0 unspecified atom stereocenters. The van der Waals surface area contributed by atoms with Gasteiger partial charge in [0.1, 0.15) is 19.0 Å². The molecule has 1 heterocycles. The van der Waals surface area contributed by atoms with Crippen molar-refractivity contribution in [1.29, 1.82) is 0 Å². The third-order valence-corrected chi connectivity index (χ3v) is 3.10. The molecule has 6 heteroatoms. The molecular weight excluding hydrogens is 293 g/mol. The zero-order chi connectivity index (χ0) is 12.4. The molecule has 1 aliphatic heterocycles. The van der Waals surface area contributed by atoms with Gasteiger partial charge >= 0.3 is 0 Å². The van der Waals surface area contributed by atoms with E-state index in [-0.39, 0.29) is 17.9 Å². The molecule has 2 rings (SSSR count). The van der Waals surface area contributed by atoms with Gasteiger partial charge in [-0.1, -0.05) is 0 Å². The highest BCUT2D eigenvalue weighted by Gasteiger charge is 2.25. The maximum Gasteiger partial charge on any atom is 0.180 e. The molecule has 0 aliphatic carbocycles. The van der Waals surface area contributed by atoms with Gasteiger partial charge in [-0.2, -0.15) is 0 Å². The van der Waals surface area contributed by atoms with Crippen molar-refractivity contribution in [3.05, 3.63) is 21.9 Å². The maximum absolute atomic E-state index is 13.8. The van der Waals surface area contributed by atoms with E-state index in [1.165, 1.54) is 6.07 Å². The van der Waals surface area contributed by atoms with E-state index in [4.69, 9.17) is 9.47 Å². The fraction of sp³-hybridized carbons (Fsp3) is 0.364. The predicted octanol–water partition coefficient (Wildman–Crippen LogP) is 1.76. The zero-order valence-corrected chi connectivity index (χ0v) is 10.8. The second kappa shape index (κ2) is 5.01. The van der Waals surface area contributed by atoms with E-state index >= 15 is 0 Å². The van der Waals surface area contributed by atoms with Crippen LogP contribution in [0.25, 0.3) is 0 Å². The molecular formula is C11H11BrFNO3. The van der Waals surface area contributed by atoms with Gasteiger partial charge in [-0.25, -0.2) is 4.39 Å². The molecule has 1 N–H and O–H groups in total. The van der Waals surface area contributed by atoms with Crippen molar-refractivity contribution in [1.82, 2.24) is 5.32 Å². The Morgan fingerprint density at radius 1 is 1.53 bits per heavy atom. The Bertz CT molecular complexity index is 465. The highest BCUT2D eigenvalue weighted by molar-refractivity contribution is 9.10. The summed E-state index contributed by atoms with van der Waals surface area (Å²) in [6.07, 6.45) is 0. The summed E-state index contributed by atoms with van der Waals surface area (Å²) in [5.74, 6) is -0.242. The van der Waals surface area contributed by atoms with Crippen molar-refractivity contribution in [2.45, 2.75) is 0 Å². The number of hydrogen-bond donors (Lipinski definition) is 1. The number of halogens is 2. The van der Waals surface area contributed by atoms with Crippen molar-refractivity contribution < 1.29 is 18.7 Å². The van der Waals surface area contributed by atoms with Crippen LogP contribution in [0.2, 0.25) is 0 Å². The minimum Gasteiger partial charge on any atom is -0.486 e. The number of benzene rings is 1. The first-order chi connectivity index (χ1) is 8.15. The fourth-order valence-electron chi connectivity index (χ4n) is 1.62. The van der Waals surface area contributed by atoms with Crippen LogP contribution in [0.1, 0.15) is 10.4 Å². The number of ether oxygens (including phenoxy) is 2. The molecule has 1 aliphatic rings. The zero-order valence-electron chi connectivity index (χ0n) is 9.18. The highest BCUT2D eigenvalue weighted by atomic mass is 79.9. The summed E-state index contributed by atoms with van der Waals surface area (Å²) in [7, 11) is 1.63. The van der Waals surface area contributed by atoms with Gasteiger partial charge in [-0.05, 0) is 23.0 Å². The minimum atomic E-state index is -0.610. The van der Waals surface area contributed by atoms with Crippen LogP contribution in [-0.2, 0) is 0 Å². The van der Waals surface area contributed by atoms with Crippen LogP contribution in [-0.4, -0.2) is 32.6 Å². The normalized spacial score (nSPS) is 13.6. The van der Waals surface area contributed by atoms with Crippen LogP contribution in [0.15, 0.2) is 10.5 Å². The van der Waals surface area contributed by atoms with E-state index in [0.29, 0.717) is 29.2 Å². The minimum absolute atomic E-state index is 0.0106. The lowest BCUT2D eigenvalue weighted by Crippen LogP contribution is -2.22. The van der Waals surface area contributed by atoms with E-state index in [1.54, 1.807) is 7.05 Å². The number of ketones is 1. The summed E-state index contributed by atoms with van der Waals surface area (Å²) >= 11 is 3.19. The molecule has 0 bridgehead atoms. The Morgan fingerprint density at radius 3 is 2.94 bits per heavy atom. The summed E-state index contributed by atoms with van der Waals surface area (Å²) in [4.78, 5) is 11.7. The Hall–Kier alpha value is -1.14. The molecule has 0 atom stereocenters. The topological polar surface area (TPSA) is 47.6 Å². The van der Waals surface area contributed by atoms with Gasteiger partial charge in [-0.3, -0.25) is 4.79 Å². The van der Waals surface area contributed by atoms with Crippen LogP contribution in [0.5, 0.6) is 11.5 Å². The lowest BCUT2D eigenvalue weighted by Gasteiger charge is -2.21. The SMILES string of the molecule is CNCC(=O)c1c(F)cc2c(c1Br)OCCO2. The number of nitrogens with one attached hydrogen (secondary N) is 1. The van der Waals surface area contributed by atoms with Crippen LogP contribution in [0.4, 0.5) is 4.39 Å². The Morgan fingerprint density at radius 2 is 2.24 bits per heavy atom. The number of carbonyl (C=O) groups is 1. The van der Waals surface area contributed by atoms with Crippen LogP contribution >= 0.6 is 15.9 Å². The van der Waals surface area contributed by atoms with Gasteiger partial charge in [0.05, 0.1) is 16.6 Å². The molecule has 1 aromatic rings. The second-order valence-electron chi connectivity index (χ2n) is 3.53. The predicted molar refractivity (Wildman–Crippen MR) is 63.3 cm³/mol. The summed E-state index contributed by atoms with van der Waals surface area (Å²) in [5, 5.41) is 2.69. The van der Waals surface area contributed by atoms with Crippen molar-refractivity contribution in [2.75, 3.05) is 26.8 Å². The van der Waals surface area contributed by atoms with Crippen LogP contribution < -0.4 is 14.8 Å².